The first-order valence-corrected chi connectivity index (χ1v) is 9.65. The molecule has 0 fully saturated rings. The van der Waals surface area contributed by atoms with E-state index < -0.39 is 0 Å². The molecule has 3 aromatic carbocycles. The van der Waals surface area contributed by atoms with E-state index in [1.165, 1.54) is 0 Å². The number of carbonyl (C=O) groups is 2. The molecule has 0 saturated carbocycles. The zero-order chi connectivity index (χ0) is 20.9. The highest BCUT2D eigenvalue weighted by molar-refractivity contribution is 6.10. The first kappa shape index (κ1) is 19.4. The number of benzene rings is 3. The SMILES string of the molecule is Cc1ccc([C@@H]2CC(=O)NC(NC(=O)c3ccc(Oc4ccccc4)cc3)=N2)cc1. The molecule has 6 heteroatoms. The highest BCUT2D eigenvalue weighted by Gasteiger charge is 2.23. The van der Waals surface area contributed by atoms with Gasteiger partial charge in [-0.2, -0.15) is 0 Å². The lowest BCUT2D eigenvalue weighted by Gasteiger charge is -2.21. The molecule has 0 unspecified atom stereocenters. The van der Waals surface area contributed by atoms with Gasteiger partial charge in [0.2, 0.25) is 11.9 Å². The largest absolute Gasteiger partial charge is 0.457 e. The highest BCUT2D eigenvalue weighted by atomic mass is 16.5. The molecule has 4 rings (SSSR count). The van der Waals surface area contributed by atoms with Gasteiger partial charge in [-0.25, -0.2) is 4.99 Å². The minimum Gasteiger partial charge on any atom is -0.457 e. The van der Waals surface area contributed by atoms with Crippen LogP contribution in [0, 0.1) is 6.92 Å². The standard InChI is InChI=1S/C24H21N3O3/c1-16-7-9-17(10-8-16)21-15-22(28)26-24(25-21)27-23(29)18-11-13-20(14-12-18)30-19-5-3-2-4-6-19/h2-14,21H,15H2,1H3,(H2,25,26,27,28,29)/t21-/m0/s1. The summed E-state index contributed by atoms with van der Waals surface area (Å²) in [7, 11) is 0. The topological polar surface area (TPSA) is 79.8 Å². The summed E-state index contributed by atoms with van der Waals surface area (Å²) in [5.41, 5.74) is 2.51. The number of nitrogens with zero attached hydrogens (tertiary/aromatic N) is 1. The normalized spacial score (nSPS) is 15.7. The number of aryl methyl sites for hydroxylation is 1. The van der Waals surface area contributed by atoms with E-state index in [9.17, 15) is 9.59 Å². The Bertz CT molecular complexity index is 1070. The van der Waals surface area contributed by atoms with E-state index in [1.807, 2.05) is 61.5 Å². The third-order valence-corrected chi connectivity index (χ3v) is 4.71. The molecule has 0 spiro atoms. The van der Waals surface area contributed by atoms with E-state index in [2.05, 4.69) is 15.6 Å². The number of hydrogen-bond acceptors (Lipinski definition) is 4. The van der Waals surface area contributed by atoms with Crippen LogP contribution in [0.4, 0.5) is 0 Å². The van der Waals surface area contributed by atoms with Crippen molar-refractivity contribution in [1.82, 2.24) is 10.6 Å². The van der Waals surface area contributed by atoms with Gasteiger partial charge in [-0.05, 0) is 48.9 Å². The van der Waals surface area contributed by atoms with Crippen LogP contribution in [0.2, 0.25) is 0 Å². The van der Waals surface area contributed by atoms with E-state index in [0.717, 1.165) is 16.9 Å². The summed E-state index contributed by atoms with van der Waals surface area (Å²) in [4.78, 5) is 29.2. The smallest absolute Gasteiger partial charge is 0.257 e. The lowest BCUT2D eigenvalue weighted by atomic mass is 10.0. The number of rotatable bonds is 4. The lowest BCUT2D eigenvalue weighted by Crippen LogP contribution is -2.47. The maximum Gasteiger partial charge on any atom is 0.257 e. The predicted molar refractivity (Wildman–Crippen MR) is 115 cm³/mol. The highest BCUT2D eigenvalue weighted by Crippen LogP contribution is 2.24. The second-order valence-electron chi connectivity index (χ2n) is 7.05. The van der Waals surface area contributed by atoms with E-state index >= 15 is 0 Å². The van der Waals surface area contributed by atoms with Crippen LogP contribution in [-0.2, 0) is 4.79 Å². The quantitative estimate of drug-likeness (QED) is 0.692. The molecule has 150 valence electrons. The second kappa shape index (κ2) is 8.61. The zero-order valence-corrected chi connectivity index (χ0v) is 16.5. The molecule has 1 atom stereocenters. The van der Waals surface area contributed by atoms with Gasteiger partial charge in [-0.1, -0.05) is 48.0 Å². The fraction of sp³-hybridized carbons (Fsp3) is 0.125. The van der Waals surface area contributed by atoms with Gasteiger partial charge in [0.15, 0.2) is 0 Å². The fourth-order valence-corrected chi connectivity index (χ4v) is 3.12. The monoisotopic (exact) mass is 399 g/mol. The molecule has 2 amide bonds. The van der Waals surface area contributed by atoms with Crippen LogP contribution in [0.25, 0.3) is 0 Å². The van der Waals surface area contributed by atoms with Crippen molar-refractivity contribution < 1.29 is 14.3 Å². The Morgan fingerprint density at radius 1 is 0.967 bits per heavy atom. The van der Waals surface area contributed by atoms with Crippen molar-refractivity contribution in [3.05, 3.63) is 95.6 Å². The van der Waals surface area contributed by atoms with Gasteiger partial charge in [0.05, 0.1) is 12.5 Å². The number of para-hydroxylation sites is 1. The maximum absolute atomic E-state index is 12.6. The number of hydrogen-bond donors (Lipinski definition) is 2. The van der Waals surface area contributed by atoms with Crippen molar-refractivity contribution in [3.63, 3.8) is 0 Å². The first-order valence-electron chi connectivity index (χ1n) is 9.65. The van der Waals surface area contributed by atoms with Gasteiger partial charge in [-0.15, -0.1) is 0 Å². The number of ether oxygens (including phenoxy) is 1. The molecule has 0 radical (unpaired) electrons. The fourth-order valence-electron chi connectivity index (χ4n) is 3.12. The molecule has 1 aliphatic heterocycles. The minimum atomic E-state index is -0.357. The molecule has 0 aromatic heterocycles. The summed E-state index contributed by atoms with van der Waals surface area (Å²) in [6, 6.07) is 23.7. The minimum absolute atomic E-state index is 0.159. The number of carbonyl (C=O) groups excluding carboxylic acids is 2. The van der Waals surface area contributed by atoms with Crippen molar-refractivity contribution in [2.24, 2.45) is 4.99 Å². The summed E-state index contributed by atoms with van der Waals surface area (Å²) in [5, 5.41) is 5.31. The number of amides is 2. The number of aliphatic imine (C=N–C) groups is 1. The molecular weight excluding hydrogens is 378 g/mol. The van der Waals surface area contributed by atoms with Crippen molar-refractivity contribution in [2.45, 2.75) is 19.4 Å². The maximum atomic E-state index is 12.6. The van der Waals surface area contributed by atoms with Gasteiger partial charge in [0.25, 0.3) is 5.91 Å². The van der Waals surface area contributed by atoms with Crippen LogP contribution in [0.15, 0.2) is 83.9 Å². The summed E-state index contributed by atoms with van der Waals surface area (Å²) >= 11 is 0. The Morgan fingerprint density at radius 2 is 1.63 bits per heavy atom. The zero-order valence-electron chi connectivity index (χ0n) is 16.5. The van der Waals surface area contributed by atoms with Gasteiger partial charge < -0.3 is 4.74 Å². The molecule has 0 bridgehead atoms. The third kappa shape index (κ3) is 4.72. The van der Waals surface area contributed by atoms with E-state index in [-0.39, 0.29) is 30.2 Å². The third-order valence-electron chi connectivity index (χ3n) is 4.71. The van der Waals surface area contributed by atoms with Gasteiger partial charge in [0, 0.05) is 5.56 Å². The van der Waals surface area contributed by atoms with E-state index in [1.54, 1.807) is 24.3 Å². The van der Waals surface area contributed by atoms with E-state index in [0.29, 0.717) is 11.3 Å². The van der Waals surface area contributed by atoms with Crippen LogP contribution < -0.4 is 15.4 Å². The van der Waals surface area contributed by atoms with Crippen LogP contribution in [0.5, 0.6) is 11.5 Å². The number of nitrogens with one attached hydrogen (secondary N) is 2. The summed E-state index contributed by atoms with van der Waals surface area (Å²) in [6.07, 6.45) is 0.244. The average Bonchev–Trinajstić information content (AvgIpc) is 2.75. The summed E-state index contributed by atoms with van der Waals surface area (Å²) < 4.78 is 5.74. The van der Waals surface area contributed by atoms with Crippen molar-refractivity contribution in [2.75, 3.05) is 0 Å². The molecule has 6 nitrogen and oxygen atoms in total. The lowest BCUT2D eigenvalue weighted by molar-refractivity contribution is -0.120. The Labute approximate surface area is 174 Å². The Hall–Kier alpha value is -3.93. The summed E-state index contributed by atoms with van der Waals surface area (Å²) in [6.45, 7) is 2.00. The van der Waals surface area contributed by atoms with Crippen molar-refractivity contribution in [3.8, 4) is 11.5 Å². The molecular formula is C24H21N3O3. The molecule has 0 saturated heterocycles. The van der Waals surface area contributed by atoms with E-state index in [4.69, 9.17) is 4.74 Å². The average molecular weight is 399 g/mol. The molecule has 0 aliphatic carbocycles. The molecule has 1 heterocycles. The molecule has 3 aromatic rings. The van der Waals surface area contributed by atoms with Crippen molar-refractivity contribution in [1.29, 1.82) is 0 Å². The van der Waals surface area contributed by atoms with Gasteiger partial charge in [0.1, 0.15) is 11.5 Å². The van der Waals surface area contributed by atoms with Gasteiger partial charge in [-0.3, -0.25) is 20.2 Å². The van der Waals surface area contributed by atoms with Crippen LogP contribution in [0.1, 0.15) is 33.9 Å². The van der Waals surface area contributed by atoms with Crippen LogP contribution >= 0.6 is 0 Å². The summed E-state index contributed by atoms with van der Waals surface area (Å²) in [5.74, 6) is 0.963. The Balaban J connectivity index is 1.44. The Morgan fingerprint density at radius 3 is 2.33 bits per heavy atom. The van der Waals surface area contributed by atoms with Gasteiger partial charge >= 0.3 is 0 Å². The molecule has 1 aliphatic rings. The number of guanidine groups is 1. The predicted octanol–water partition coefficient (Wildman–Crippen LogP) is 4.13. The molecule has 2 N–H and O–H groups in total. The van der Waals surface area contributed by atoms with Crippen molar-refractivity contribution >= 4 is 17.8 Å². The Kier molecular flexibility index (Phi) is 5.57. The molecule has 30 heavy (non-hydrogen) atoms. The second-order valence-corrected chi connectivity index (χ2v) is 7.05. The van der Waals surface area contributed by atoms with Crippen LogP contribution in [-0.4, -0.2) is 17.8 Å². The first-order chi connectivity index (χ1) is 14.6. The van der Waals surface area contributed by atoms with Crippen LogP contribution in [0.3, 0.4) is 0 Å².